The predicted octanol–water partition coefficient (Wildman–Crippen LogP) is 3.31. The molecule has 0 aliphatic carbocycles. The van der Waals surface area contributed by atoms with Gasteiger partial charge in [-0.3, -0.25) is 4.79 Å². The van der Waals surface area contributed by atoms with Crippen molar-refractivity contribution in [3.05, 3.63) is 57.0 Å². The second-order valence-corrected chi connectivity index (χ2v) is 7.45. The molecule has 2 rings (SSSR count). The molecule has 0 saturated carbocycles. The Hall–Kier alpha value is -1.41. The molecule has 0 aromatic heterocycles. The van der Waals surface area contributed by atoms with Crippen molar-refractivity contribution in [1.29, 1.82) is 0 Å². The minimum atomic E-state index is -3.89. The molecule has 0 aliphatic rings. The van der Waals surface area contributed by atoms with Crippen LogP contribution in [0, 0.1) is 6.92 Å². The molecular formula is C14H12BrClN2O3S. The fourth-order valence-electron chi connectivity index (χ4n) is 1.77. The van der Waals surface area contributed by atoms with Crippen LogP contribution in [-0.2, 0) is 10.0 Å². The van der Waals surface area contributed by atoms with Gasteiger partial charge in [-0.05, 0) is 58.7 Å². The Bertz CT molecular complexity index is 853. The van der Waals surface area contributed by atoms with Crippen LogP contribution in [0.5, 0.6) is 0 Å². The zero-order valence-electron chi connectivity index (χ0n) is 11.4. The van der Waals surface area contributed by atoms with Crippen LogP contribution in [0.25, 0.3) is 0 Å². The van der Waals surface area contributed by atoms with Gasteiger partial charge in [0.2, 0.25) is 10.0 Å². The number of halogens is 2. The molecule has 0 spiro atoms. The predicted molar refractivity (Wildman–Crippen MR) is 89.7 cm³/mol. The fourth-order valence-corrected chi connectivity index (χ4v) is 2.91. The molecule has 116 valence electrons. The van der Waals surface area contributed by atoms with Gasteiger partial charge in [-0.25, -0.2) is 13.6 Å². The van der Waals surface area contributed by atoms with E-state index in [0.717, 1.165) is 5.56 Å². The average Bonchev–Trinajstić information content (AvgIpc) is 2.42. The molecule has 0 unspecified atom stereocenters. The third kappa shape index (κ3) is 3.86. The average molecular weight is 404 g/mol. The number of nitrogens with one attached hydrogen (secondary N) is 1. The van der Waals surface area contributed by atoms with Crippen LogP contribution >= 0.6 is 27.5 Å². The lowest BCUT2D eigenvalue weighted by molar-refractivity contribution is 0.102. The molecule has 0 atom stereocenters. The van der Waals surface area contributed by atoms with Crippen LogP contribution in [0.15, 0.2) is 45.8 Å². The van der Waals surface area contributed by atoms with Crippen molar-refractivity contribution in [2.24, 2.45) is 5.14 Å². The van der Waals surface area contributed by atoms with Crippen molar-refractivity contribution in [2.45, 2.75) is 11.8 Å². The topological polar surface area (TPSA) is 89.3 Å². The SMILES string of the molecule is Cc1ccc(Cl)cc1NC(=O)c1cc(S(N)(=O)=O)ccc1Br. The van der Waals surface area contributed by atoms with E-state index in [2.05, 4.69) is 21.2 Å². The van der Waals surface area contributed by atoms with E-state index >= 15 is 0 Å². The molecule has 0 saturated heterocycles. The number of hydrogen-bond donors (Lipinski definition) is 2. The van der Waals surface area contributed by atoms with Crippen LogP contribution in [-0.4, -0.2) is 14.3 Å². The van der Waals surface area contributed by atoms with Crippen molar-refractivity contribution >= 4 is 49.1 Å². The first kappa shape index (κ1) is 17.0. The summed E-state index contributed by atoms with van der Waals surface area (Å²) in [6.45, 7) is 1.82. The zero-order valence-corrected chi connectivity index (χ0v) is 14.6. The number of rotatable bonds is 3. The van der Waals surface area contributed by atoms with E-state index in [1.165, 1.54) is 18.2 Å². The molecule has 1 amide bonds. The maximum absolute atomic E-state index is 12.4. The quantitative estimate of drug-likeness (QED) is 0.824. The second-order valence-electron chi connectivity index (χ2n) is 4.60. The molecular weight excluding hydrogens is 392 g/mol. The lowest BCUT2D eigenvalue weighted by Crippen LogP contribution is -2.16. The Morgan fingerprint density at radius 1 is 1.23 bits per heavy atom. The molecule has 3 N–H and O–H groups in total. The summed E-state index contributed by atoms with van der Waals surface area (Å²) in [5.41, 5.74) is 1.53. The summed E-state index contributed by atoms with van der Waals surface area (Å²) in [4.78, 5) is 12.2. The van der Waals surface area contributed by atoms with Gasteiger partial charge in [0.1, 0.15) is 0 Å². The van der Waals surface area contributed by atoms with Crippen molar-refractivity contribution < 1.29 is 13.2 Å². The Morgan fingerprint density at radius 2 is 1.91 bits per heavy atom. The highest BCUT2D eigenvalue weighted by atomic mass is 79.9. The number of aryl methyl sites for hydroxylation is 1. The second kappa shape index (κ2) is 6.37. The van der Waals surface area contributed by atoms with E-state index in [1.807, 2.05) is 6.92 Å². The fraction of sp³-hybridized carbons (Fsp3) is 0.0714. The van der Waals surface area contributed by atoms with Crippen LogP contribution in [0.3, 0.4) is 0 Å². The Labute approximate surface area is 141 Å². The van der Waals surface area contributed by atoms with E-state index in [1.54, 1.807) is 18.2 Å². The lowest BCUT2D eigenvalue weighted by atomic mass is 10.1. The molecule has 2 aromatic rings. The van der Waals surface area contributed by atoms with Gasteiger partial charge < -0.3 is 5.32 Å². The third-order valence-corrected chi connectivity index (χ3v) is 4.80. The van der Waals surface area contributed by atoms with Crippen LogP contribution in [0.4, 0.5) is 5.69 Å². The summed E-state index contributed by atoms with van der Waals surface area (Å²) in [5, 5.41) is 8.26. The number of benzene rings is 2. The number of anilines is 1. The molecule has 5 nitrogen and oxygen atoms in total. The Kier molecular flexibility index (Phi) is 4.91. The Balaban J connectivity index is 2.39. The van der Waals surface area contributed by atoms with E-state index in [-0.39, 0.29) is 10.5 Å². The van der Waals surface area contributed by atoms with Crippen molar-refractivity contribution in [3.8, 4) is 0 Å². The number of nitrogens with two attached hydrogens (primary N) is 1. The highest BCUT2D eigenvalue weighted by Crippen LogP contribution is 2.24. The zero-order chi connectivity index (χ0) is 16.5. The van der Waals surface area contributed by atoms with Crippen LogP contribution in [0.1, 0.15) is 15.9 Å². The van der Waals surface area contributed by atoms with Crippen LogP contribution in [0.2, 0.25) is 5.02 Å². The van der Waals surface area contributed by atoms with Gasteiger partial charge in [0.25, 0.3) is 5.91 Å². The molecule has 0 radical (unpaired) electrons. The summed E-state index contributed by atoms with van der Waals surface area (Å²) in [6.07, 6.45) is 0. The third-order valence-electron chi connectivity index (χ3n) is 2.96. The first-order chi connectivity index (χ1) is 10.2. The summed E-state index contributed by atoms with van der Waals surface area (Å²) in [7, 11) is -3.89. The molecule has 0 fully saturated rings. The lowest BCUT2D eigenvalue weighted by Gasteiger charge is -2.11. The van der Waals surface area contributed by atoms with Gasteiger partial charge in [0.15, 0.2) is 0 Å². The van der Waals surface area contributed by atoms with Gasteiger partial charge in [-0.15, -0.1) is 0 Å². The molecule has 2 aromatic carbocycles. The van der Waals surface area contributed by atoms with Crippen LogP contribution < -0.4 is 10.5 Å². The van der Waals surface area contributed by atoms with Crippen molar-refractivity contribution in [3.63, 3.8) is 0 Å². The maximum Gasteiger partial charge on any atom is 0.256 e. The number of carbonyl (C=O) groups is 1. The standard InChI is InChI=1S/C14H12BrClN2O3S/c1-8-2-3-9(16)6-13(8)18-14(19)11-7-10(22(17,20)21)4-5-12(11)15/h2-7H,1H3,(H,18,19)(H2,17,20,21). The Morgan fingerprint density at radius 3 is 2.55 bits per heavy atom. The number of amides is 1. The monoisotopic (exact) mass is 402 g/mol. The maximum atomic E-state index is 12.4. The summed E-state index contributed by atoms with van der Waals surface area (Å²) in [5.74, 6) is -0.470. The van der Waals surface area contributed by atoms with E-state index in [4.69, 9.17) is 16.7 Å². The van der Waals surface area contributed by atoms with Crippen molar-refractivity contribution in [2.75, 3.05) is 5.32 Å². The highest BCUT2D eigenvalue weighted by Gasteiger charge is 2.16. The van der Waals surface area contributed by atoms with Gasteiger partial charge in [0.05, 0.1) is 10.5 Å². The van der Waals surface area contributed by atoms with Gasteiger partial charge in [-0.2, -0.15) is 0 Å². The number of carbonyl (C=O) groups excluding carboxylic acids is 1. The van der Waals surface area contributed by atoms with E-state index < -0.39 is 15.9 Å². The van der Waals surface area contributed by atoms with Gasteiger partial charge in [-0.1, -0.05) is 17.7 Å². The largest absolute Gasteiger partial charge is 0.322 e. The smallest absolute Gasteiger partial charge is 0.256 e. The summed E-state index contributed by atoms with van der Waals surface area (Å²) >= 11 is 9.13. The molecule has 0 heterocycles. The summed E-state index contributed by atoms with van der Waals surface area (Å²) in [6, 6.07) is 9.10. The van der Waals surface area contributed by atoms with Crippen molar-refractivity contribution in [1.82, 2.24) is 0 Å². The number of hydrogen-bond acceptors (Lipinski definition) is 3. The minimum Gasteiger partial charge on any atom is -0.322 e. The number of primary sulfonamides is 1. The first-order valence-corrected chi connectivity index (χ1v) is 8.80. The number of sulfonamides is 1. The highest BCUT2D eigenvalue weighted by molar-refractivity contribution is 9.10. The summed E-state index contributed by atoms with van der Waals surface area (Å²) < 4.78 is 23.2. The first-order valence-electron chi connectivity index (χ1n) is 6.08. The van der Waals surface area contributed by atoms with Gasteiger partial charge in [0, 0.05) is 15.2 Å². The normalized spacial score (nSPS) is 11.3. The van der Waals surface area contributed by atoms with E-state index in [0.29, 0.717) is 15.2 Å². The molecule has 0 bridgehead atoms. The minimum absolute atomic E-state index is 0.135. The molecule has 8 heteroatoms. The molecule has 0 aliphatic heterocycles. The van der Waals surface area contributed by atoms with E-state index in [9.17, 15) is 13.2 Å². The molecule has 22 heavy (non-hydrogen) atoms. The van der Waals surface area contributed by atoms with Gasteiger partial charge >= 0.3 is 0 Å².